The smallest absolute Gasteiger partial charge is 0.276 e. The first-order valence-corrected chi connectivity index (χ1v) is 9.03. The summed E-state index contributed by atoms with van der Waals surface area (Å²) in [6.07, 6.45) is 0. The second-order valence-corrected chi connectivity index (χ2v) is 7.11. The number of hydrogen-bond donors (Lipinski definition) is 2. The van der Waals surface area contributed by atoms with Crippen LogP contribution in [0.4, 0.5) is 0 Å². The van der Waals surface area contributed by atoms with Crippen molar-refractivity contribution in [2.75, 3.05) is 6.61 Å². The minimum atomic E-state index is -0.422. The molecule has 0 aliphatic heterocycles. The van der Waals surface area contributed by atoms with Gasteiger partial charge in [-0.2, -0.15) is 0 Å². The first-order chi connectivity index (χ1) is 11.9. The molecule has 132 valence electrons. The SMILES string of the molecule is Cc1ccc(C(=O)NNC(=O)COc2ccccc2C(C)C)cc1I. The molecule has 25 heavy (non-hydrogen) atoms. The maximum Gasteiger partial charge on any atom is 0.276 e. The lowest BCUT2D eigenvalue weighted by molar-refractivity contribution is -0.123. The molecule has 0 unspecified atom stereocenters. The number of ether oxygens (including phenoxy) is 1. The summed E-state index contributed by atoms with van der Waals surface area (Å²) in [4.78, 5) is 24.0. The van der Waals surface area contributed by atoms with Crippen LogP contribution in [0.15, 0.2) is 42.5 Å². The number of carbonyl (C=O) groups excluding carboxylic acids is 2. The fourth-order valence-electron chi connectivity index (χ4n) is 2.20. The molecule has 0 radical (unpaired) electrons. The minimum Gasteiger partial charge on any atom is -0.483 e. The maximum absolute atomic E-state index is 12.1. The van der Waals surface area contributed by atoms with Gasteiger partial charge in [0.05, 0.1) is 0 Å². The molecule has 0 fully saturated rings. The van der Waals surface area contributed by atoms with Crippen LogP contribution in [0.2, 0.25) is 0 Å². The lowest BCUT2D eigenvalue weighted by Crippen LogP contribution is -2.43. The lowest BCUT2D eigenvalue weighted by Gasteiger charge is -2.14. The normalized spacial score (nSPS) is 10.4. The molecule has 6 heteroatoms. The third-order valence-electron chi connectivity index (χ3n) is 3.65. The van der Waals surface area contributed by atoms with E-state index in [4.69, 9.17) is 4.74 Å². The predicted molar refractivity (Wildman–Crippen MR) is 106 cm³/mol. The van der Waals surface area contributed by atoms with Gasteiger partial charge in [0.15, 0.2) is 6.61 Å². The number of nitrogens with one attached hydrogen (secondary N) is 2. The van der Waals surface area contributed by atoms with E-state index in [0.29, 0.717) is 17.2 Å². The number of rotatable bonds is 5. The fraction of sp³-hybridized carbons (Fsp3) is 0.263. The van der Waals surface area contributed by atoms with Gasteiger partial charge in [0, 0.05) is 9.13 Å². The van der Waals surface area contributed by atoms with Crippen molar-refractivity contribution in [3.05, 3.63) is 62.7 Å². The molecular formula is C19H21IN2O3. The second-order valence-electron chi connectivity index (χ2n) is 5.95. The number of halogens is 1. The average Bonchev–Trinajstić information content (AvgIpc) is 2.60. The van der Waals surface area contributed by atoms with E-state index in [2.05, 4.69) is 47.3 Å². The van der Waals surface area contributed by atoms with Crippen LogP contribution in [0.25, 0.3) is 0 Å². The van der Waals surface area contributed by atoms with Crippen LogP contribution in [0.1, 0.15) is 41.3 Å². The van der Waals surface area contributed by atoms with Crippen LogP contribution in [0.5, 0.6) is 5.75 Å². The number of hydrazine groups is 1. The summed E-state index contributed by atoms with van der Waals surface area (Å²) in [7, 11) is 0. The number of para-hydroxylation sites is 1. The van der Waals surface area contributed by atoms with Crippen LogP contribution < -0.4 is 15.6 Å². The first-order valence-electron chi connectivity index (χ1n) is 7.95. The Labute approximate surface area is 161 Å². The molecule has 0 saturated heterocycles. The van der Waals surface area contributed by atoms with E-state index in [1.165, 1.54) is 0 Å². The molecule has 0 heterocycles. The molecular weight excluding hydrogens is 431 g/mol. The van der Waals surface area contributed by atoms with Crippen molar-refractivity contribution in [3.8, 4) is 5.75 Å². The van der Waals surface area contributed by atoms with Gasteiger partial charge in [-0.1, -0.05) is 38.1 Å². The fourth-order valence-corrected chi connectivity index (χ4v) is 2.72. The van der Waals surface area contributed by atoms with E-state index in [1.54, 1.807) is 12.1 Å². The van der Waals surface area contributed by atoms with Crippen molar-refractivity contribution in [1.29, 1.82) is 0 Å². The number of benzene rings is 2. The molecule has 2 rings (SSSR count). The zero-order valence-corrected chi connectivity index (χ0v) is 16.6. The van der Waals surface area contributed by atoms with Gasteiger partial charge in [0.25, 0.3) is 11.8 Å². The molecule has 2 N–H and O–H groups in total. The standard InChI is InChI=1S/C19H21IN2O3/c1-12(2)15-6-4-5-7-17(15)25-11-18(23)21-22-19(24)14-9-8-13(3)16(20)10-14/h4-10,12H,11H2,1-3H3,(H,21,23)(H,22,24). The third-order valence-corrected chi connectivity index (χ3v) is 4.81. The average molecular weight is 452 g/mol. The van der Waals surface area contributed by atoms with Crippen LogP contribution >= 0.6 is 22.6 Å². The van der Waals surface area contributed by atoms with Gasteiger partial charge in [0.2, 0.25) is 0 Å². The van der Waals surface area contributed by atoms with Gasteiger partial charge in [-0.3, -0.25) is 20.4 Å². The first kappa shape index (κ1) is 19.2. The van der Waals surface area contributed by atoms with Crippen molar-refractivity contribution in [2.45, 2.75) is 26.7 Å². The van der Waals surface area contributed by atoms with Crippen molar-refractivity contribution in [2.24, 2.45) is 0 Å². The third kappa shape index (κ3) is 5.45. The number of carbonyl (C=O) groups is 2. The molecule has 2 amide bonds. The highest BCUT2D eigenvalue weighted by molar-refractivity contribution is 14.1. The number of amides is 2. The van der Waals surface area contributed by atoms with Crippen LogP contribution in [0.3, 0.4) is 0 Å². The Kier molecular flexibility index (Phi) is 6.81. The lowest BCUT2D eigenvalue weighted by atomic mass is 10.0. The second kappa shape index (κ2) is 8.84. The minimum absolute atomic E-state index is 0.171. The Bertz CT molecular complexity index is 775. The highest BCUT2D eigenvalue weighted by atomic mass is 127. The molecule has 5 nitrogen and oxygen atoms in total. The molecule has 0 spiro atoms. The highest BCUT2D eigenvalue weighted by Crippen LogP contribution is 2.25. The summed E-state index contributed by atoms with van der Waals surface area (Å²) in [5.74, 6) is 0.178. The van der Waals surface area contributed by atoms with Gasteiger partial charge >= 0.3 is 0 Å². The van der Waals surface area contributed by atoms with E-state index in [9.17, 15) is 9.59 Å². The van der Waals surface area contributed by atoms with Crippen molar-refractivity contribution in [1.82, 2.24) is 10.9 Å². The summed E-state index contributed by atoms with van der Waals surface area (Å²) >= 11 is 2.17. The zero-order chi connectivity index (χ0) is 18.4. The molecule has 0 atom stereocenters. The van der Waals surface area contributed by atoms with Gasteiger partial charge in [-0.05, 0) is 64.8 Å². The van der Waals surface area contributed by atoms with Crippen LogP contribution in [0, 0.1) is 10.5 Å². The Morgan fingerprint density at radius 3 is 2.52 bits per heavy atom. The zero-order valence-electron chi connectivity index (χ0n) is 14.4. The Morgan fingerprint density at radius 1 is 1.12 bits per heavy atom. The van der Waals surface area contributed by atoms with E-state index >= 15 is 0 Å². The summed E-state index contributed by atoms with van der Waals surface area (Å²) < 4.78 is 6.56. The van der Waals surface area contributed by atoms with E-state index in [0.717, 1.165) is 14.7 Å². The van der Waals surface area contributed by atoms with E-state index < -0.39 is 5.91 Å². The van der Waals surface area contributed by atoms with Crippen molar-refractivity contribution in [3.63, 3.8) is 0 Å². The summed E-state index contributed by atoms with van der Waals surface area (Å²) in [5.41, 5.74) is 7.38. The summed E-state index contributed by atoms with van der Waals surface area (Å²) in [6.45, 7) is 5.92. The summed E-state index contributed by atoms with van der Waals surface area (Å²) in [6, 6.07) is 12.9. The summed E-state index contributed by atoms with van der Waals surface area (Å²) in [5, 5.41) is 0. The van der Waals surface area contributed by atoms with Gasteiger partial charge < -0.3 is 4.74 Å². The molecule has 0 aliphatic carbocycles. The molecule has 0 aliphatic rings. The van der Waals surface area contributed by atoms with Crippen molar-refractivity contribution < 1.29 is 14.3 Å². The van der Waals surface area contributed by atoms with E-state index in [1.807, 2.05) is 37.3 Å². The Hall–Kier alpha value is -2.09. The Morgan fingerprint density at radius 2 is 1.84 bits per heavy atom. The van der Waals surface area contributed by atoms with Gasteiger partial charge in [-0.15, -0.1) is 0 Å². The number of hydrogen-bond acceptors (Lipinski definition) is 3. The quantitative estimate of drug-likeness (QED) is 0.539. The van der Waals surface area contributed by atoms with Crippen molar-refractivity contribution >= 4 is 34.4 Å². The predicted octanol–water partition coefficient (Wildman–Crippen LogP) is 3.56. The highest BCUT2D eigenvalue weighted by Gasteiger charge is 2.11. The molecule has 2 aromatic rings. The molecule has 0 bridgehead atoms. The monoisotopic (exact) mass is 452 g/mol. The van der Waals surface area contributed by atoms with Crippen LogP contribution in [-0.2, 0) is 4.79 Å². The topological polar surface area (TPSA) is 67.4 Å². The van der Waals surface area contributed by atoms with Gasteiger partial charge in [-0.25, -0.2) is 0 Å². The molecule has 0 saturated carbocycles. The molecule has 2 aromatic carbocycles. The number of aryl methyl sites for hydroxylation is 1. The Balaban J connectivity index is 1.87. The van der Waals surface area contributed by atoms with E-state index in [-0.39, 0.29) is 12.5 Å². The van der Waals surface area contributed by atoms with Crippen LogP contribution in [-0.4, -0.2) is 18.4 Å². The molecule has 0 aromatic heterocycles. The largest absolute Gasteiger partial charge is 0.483 e. The van der Waals surface area contributed by atoms with Gasteiger partial charge in [0.1, 0.15) is 5.75 Å². The maximum atomic E-state index is 12.1.